The molecule has 0 atom stereocenters. The van der Waals surface area contributed by atoms with Gasteiger partial charge in [-0.3, -0.25) is 4.79 Å². The van der Waals surface area contributed by atoms with Gasteiger partial charge < -0.3 is 5.11 Å². The Labute approximate surface area is 170 Å². The molecule has 1 amide bonds. The number of fused-ring (bicyclic) bond motifs is 1. The van der Waals surface area contributed by atoms with E-state index in [-0.39, 0.29) is 5.03 Å². The van der Waals surface area contributed by atoms with E-state index in [1.165, 1.54) is 0 Å². The minimum absolute atomic E-state index is 0.306. The maximum absolute atomic E-state index is 12.7. The molecule has 140 valence electrons. The Bertz CT molecular complexity index is 1110. The zero-order chi connectivity index (χ0) is 20.1. The molecule has 1 heterocycles. The number of allylic oxidation sites excluding steroid dienone is 1. The Kier molecular flexibility index (Phi) is 6.03. The van der Waals surface area contributed by atoms with Crippen molar-refractivity contribution in [3.63, 3.8) is 0 Å². The Morgan fingerprint density at radius 3 is 2.43 bits per heavy atom. The second kappa shape index (κ2) is 8.65. The Balaban J connectivity index is 1.96. The van der Waals surface area contributed by atoms with Gasteiger partial charge in [-0.25, -0.2) is 15.2 Å². The molecule has 2 aromatic carbocycles. The predicted octanol–water partition coefficient (Wildman–Crippen LogP) is 4.39. The zero-order valence-electron chi connectivity index (χ0n) is 14.3. The van der Waals surface area contributed by atoms with E-state index in [4.69, 9.17) is 28.3 Å². The van der Waals surface area contributed by atoms with Gasteiger partial charge in [0.05, 0.1) is 28.0 Å². The van der Waals surface area contributed by atoms with Crippen molar-refractivity contribution in [2.45, 2.75) is 0 Å². The monoisotopic (exact) mass is 413 g/mol. The molecular weight excluding hydrogens is 401 g/mol. The van der Waals surface area contributed by atoms with E-state index in [9.17, 15) is 9.59 Å². The second-order valence-electron chi connectivity index (χ2n) is 5.60. The quantitative estimate of drug-likeness (QED) is 0.368. The van der Waals surface area contributed by atoms with Crippen molar-refractivity contribution in [2.75, 3.05) is 0 Å². The van der Waals surface area contributed by atoms with Crippen molar-refractivity contribution in [3.05, 3.63) is 76.3 Å². The molecule has 28 heavy (non-hydrogen) atoms. The number of carbonyl (C=O) groups excluding carboxylic acids is 1. The molecule has 3 aromatic rings. The fourth-order valence-electron chi connectivity index (χ4n) is 2.49. The number of pyridine rings is 1. The van der Waals surface area contributed by atoms with Crippen molar-refractivity contribution in [3.8, 4) is 11.3 Å². The molecule has 0 saturated carbocycles. The van der Waals surface area contributed by atoms with Crippen molar-refractivity contribution in [2.24, 2.45) is 5.10 Å². The number of carboxylic acids is 1. The van der Waals surface area contributed by atoms with Crippen LogP contribution in [0.1, 0.15) is 10.4 Å². The van der Waals surface area contributed by atoms with Crippen LogP contribution in [0.4, 0.5) is 0 Å². The summed E-state index contributed by atoms with van der Waals surface area (Å²) in [5.74, 6) is -1.89. The first kappa shape index (κ1) is 19.5. The van der Waals surface area contributed by atoms with E-state index in [0.717, 1.165) is 11.8 Å². The molecule has 0 spiro atoms. The van der Waals surface area contributed by atoms with Crippen LogP contribution in [-0.4, -0.2) is 28.2 Å². The van der Waals surface area contributed by atoms with Gasteiger partial charge in [-0.05, 0) is 12.1 Å². The number of nitrogens with zero attached hydrogens (tertiary/aromatic N) is 2. The van der Waals surface area contributed by atoms with Gasteiger partial charge in [0.1, 0.15) is 5.03 Å². The summed E-state index contributed by atoms with van der Waals surface area (Å²) in [6, 6.07) is 18.4. The first-order valence-electron chi connectivity index (χ1n) is 8.04. The van der Waals surface area contributed by atoms with Crippen molar-refractivity contribution in [1.29, 1.82) is 0 Å². The highest BCUT2D eigenvalue weighted by atomic mass is 35.5. The minimum atomic E-state index is -1.39. The summed E-state index contributed by atoms with van der Waals surface area (Å²) in [5.41, 5.74) is 4.86. The number of aromatic nitrogens is 1. The van der Waals surface area contributed by atoms with E-state index < -0.39 is 16.9 Å². The van der Waals surface area contributed by atoms with Gasteiger partial charge in [0, 0.05) is 10.9 Å². The zero-order valence-corrected chi connectivity index (χ0v) is 15.8. The van der Waals surface area contributed by atoms with E-state index in [2.05, 4.69) is 15.5 Å². The van der Waals surface area contributed by atoms with Crippen LogP contribution >= 0.6 is 23.2 Å². The van der Waals surface area contributed by atoms with E-state index in [1.807, 2.05) is 42.5 Å². The number of carboxylic acid groups (broad SMARTS) is 1. The van der Waals surface area contributed by atoms with Gasteiger partial charge in [-0.1, -0.05) is 71.7 Å². The summed E-state index contributed by atoms with van der Waals surface area (Å²) >= 11 is 11.2. The molecule has 8 heteroatoms. The predicted molar refractivity (Wildman–Crippen MR) is 110 cm³/mol. The first-order valence-corrected chi connectivity index (χ1v) is 8.80. The van der Waals surface area contributed by atoms with Crippen molar-refractivity contribution in [1.82, 2.24) is 10.4 Å². The summed E-state index contributed by atoms with van der Waals surface area (Å²) in [7, 11) is 0. The summed E-state index contributed by atoms with van der Waals surface area (Å²) in [6.07, 6.45) is 0.956. The van der Waals surface area contributed by atoms with Gasteiger partial charge >= 0.3 is 5.97 Å². The maximum Gasteiger partial charge on any atom is 0.348 e. The fourth-order valence-corrected chi connectivity index (χ4v) is 2.67. The first-order chi connectivity index (χ1) is 13.5. The van der Waals surface area contributed by atoms with Gasteiger partial charge in [0.25, 0.3) is 5.91 Å². The average Bonchev–Trinajstić information content (AvgIpc) is 2.72. The molecule has 0 bridgehead atoms. The molecule has 0 radical (unpaired) electrons. The van der Waals surface area contributed by atoms with Gasteiger partial charge in [0.2, 0.25) is 0 Å². The highest BCUT2D eigenvalue weighted by Crippen LogP contribution is 2.24. The molecule has 0 fully saturated rings. The molecular formula is C20H13Cl2N3O3. The number of halogens is 2. The smallest absolute Gasteiger partial charge is 0.348 e. The lowest BCUT2D eigenvalue weighted by Gasteiger charge is -2.09. The minimum Gasteiger partial charge on any atom is -0.477 e. The number of hydrogen-bond acceptors (Lipinski definition) is 4. The molecule has 0 unspecified atom stereocenters. The molecule has 3 rings (SSSR count). The van der Waals surface area contributed by atoms with Crippen LogP contribution in [0.3, 0.4) is 0 Å². The molecule has 0 aliphatic carbocycles. The van der Waals surface area contributed by atoms with Crippen LogP contribution < -0.4 is 5.43 Å². The highest BCUT2D eigenvalue weighted by Gasteiger charge is 2.14. The van der Waals surface area contributed by atoms with Crippen LogP contribution in [0.15, 0.2) is 75.8 Å². The average molecular weight is 414 g/mol. The van der Waals surface area contributed by atoms with Crippen molar-refractivity contribution < 1.29 is 14.7 Å². The number of carbonyl (C=O) groups is 2. The summed E-state index contributed by atoms with van der Waals surface area (Å²) in [4.78, 5) is 28.0. The number of aliphatic carboxylic acids is 1. The normalized spacial score (nSPS) is 12.1. The van der Waals surface area contributed by atoms with Crippen LogP contribution in [0.5, 0.6) is 0 Å². The summed E-state index contributed by atoms with van der Waals surface area (Å²) < 4.78 is 0. The van der Waals surface area contributed by atoms with E-state index in [1.54, 1.807) is 18.2 Å². The Morgan fingerprint density at radius 1 is 1.04 bits per heavy atom. The number of rotatable bonds is 5. The number of hydrazone groups is 1. The molecule has 0 aliphatic rings. The SMILES string of the molecule is O=C(O)/C(Cl)=C(Cl)\C=N\NC(=O)c1cc(-c2ccccc2)nc2ccccc12. The standard InChI is InChI=1S/C20H13Cl2N3O3/c21-15(18(22)20(27)28)11-23-25-19(26)14-10-17(12-6-2-1-3-7-12)24-16-9-5-4-8-13(14)16/h1-11H,(H,25,26)(H,27,28)/b18-15-,23-11+. The van der Waals surface area contributed by atoms with Crippen LogP contribution in [-0.2, 0) is 4.79 Å². The number of nitrogens with one attached hydrogen (secondary N) is 1. The highest BCUT2D eigenvalue weighted by molar-refractivity contribution is 6.51. The molecule has 1 aromatic heterocycles. The number of hydrogen-bond donors (Lipinski definition) is 2. The third kappa shape index (κ3) is 4.36. The van der Waals surface area contributed by atoms with Gasteiger partial charge in [-0.15, -0.1) is 0 Å². The Morgan fingerprint density at radius 2 is 1.71 bits per heavy atom. The molecule has 2 N–H and O–H groups in total. The summed E-state index contributed by atoms with van der Waals surface area (Å²) in [6.45, 7) is 0. The molecule has 6 nitrogen and oxygen atoms in total. The Hall–Kier alpha value is -3.22. The topological polar surface area (TPSA) is 91.6 Å². The van der Waals surface area contributed by atoms with Crippen molar-refractivity contribution >= 4 is 52.2 Å². The fraction of sp³-hybridized carbons (Fsp3) is 0. The third-order valence-electron chi connectivity index (χ3n) is 3.77. The number of benzene rings is 2. The van der Waals surface area contributed by atoms with E-state index in [0.29, 0.717) is 22.2 Å². The number of para-hydroxylation sites is 1. The van der Waals surface area contributed by atoms with Crippen LogP contribution in [0, 0.1) is 0 Å². The van der Waals surface area contributed by atoms with Gasteiger partial charge in [-0.2, -0.15) is 5.10 Å². The lowest BCUT2D eigenvalue weighted by atomic mass is 10.0. The lowest BCUT2D eigenvalue weighted by molar-refractivity contribution is -0.131. The van der Waals surface area contributed by atoms with Gasteiger partial charge in [0.15, 0.2) is 0 Å². The third-order valence-corrected chi connectivity index (χ3v) is 4.52. The molecule has 0 aliphatic heterocycles. The van der Waals surface area contributed by atoms with Crippen LogP contribution in [0.2, 0.25) is 0 Å². The van der Waals surface area contributed by atoms with E-state index >= 15 is 0 Å². The lowest BCUT2D eigenvalue weighted by Crippen LogP contribution is -2.18. The number of amides is 1. The van der Waals surface area contributed by atoms with Crippen LogP contribution in [0.25, 0.3) is 22.2 Å². The maximum atomic E-state index is 12.7. The largest absolute Gasteiger partial charge is 0.477 e. The molecule has 0 saturated heterocycles. The summed E-state index contributed by atoms with van der Waals surface area (Å²) in [5, 5.41) is 12.2. The second-order valence-corrected chi connectivity index (χ2v) is 6.39.